The summed E-state index contributed by atoms with van der Waals surface area (Å²) in [5, 5.41) is 0. The van der Waals surface area contributed by atoms with Crippen LogP contribution in [0.5, 0.6) is 0 Å². The van der Waals surface area contributed by atoms with Gasteiger partial charge >= 0.3 is 5.97 Å². The van der Waals surface area contributed by atoms with Crippen molar-refractivity contribution in [3.8, 4) is 0 Å². The first-order chi connectivity index (χ1) is 12.6. The van der Waals surface area contributed by atoms with Crippen LogP contribution in [0, 0.1) is 18.8 Å². The predicted octanol–water partition coefficient (Wildman–Crippen LogP) is 2.92. The molecule has 0 spiro atoms. The van der Waals surface area contributed by atoms with E-state index in [-0.39, 0.29) is 5.97 Å². The Balaban J connectivity index is 1.63. The van der Waals surface area contributed by atoms with E-state index in [0.29, 0.717) is 23.4 Å². The van der Waals surface area contributed by atoms with Crippen LogP contribution in [0.4, 0.5) is 5.82 Å². The lowest BCUT2D eigenvalue weighted by Crippen LogP contribution is -2.30. The van der Waals surface area contributed by atoms with Crippen molar-refractivity contribution >= 4 is 11.8 Å². The number of benzene rings is 1. The molecule has 1 aromatic heterocycles. The summed E-state index contributed by atoms with van der Waals surface area (Å²) in [6.45, 7) is 5.10. The lowest BCUT2D eigenvalue weighted by atomic mass is 9.88. The maximum Gasteiger partial charge on any atom is 0.341 e. The van der Waals surface area contributed by atoms with Gasteiger partial charge in [0.15, 0.2) is 0 Å². The number of fused-ring (bicyclic) bond motifs is 1. The van der Waals surface area contributed by atoms with Crippen molar-refractivity contribution in [1.82, 2.24) is 9.88 Å². The number of hydrogen-bond acceptors (Lipinski definition) is 5. The molecule has 0 aliphatic carbocycles. The minimum Gasteiger partial charge on any atom is -0.465 e. The summed E-state index contributed by atoms with van der Waals surface area (Å²) in [4.78, 5) is 21.4. The van der Waals surface area contributed by atoms with Crippen LogP contribution in [0.1, 0.15) is 27.5 Å². The predicted molar refractivity (Wildman–Crippen MR) is 101 cm³/mol. The topological polar surface area (TPSA) is 45.7 Å². The molecule has 2 aromatic rings. The van der Waals surface area contributed by atoms with Gasteiger partial charge in [-0.25, -0.2) is 9.78 Å². The summed E-state index contributed by atoms with van der Waals surface area (Å²) in [5.41, 5.74) is 3.31. The standard InChI is InChI=1S/C21H25N3O2/c1-14-7-4-5-8-16(14)19-18-13-24(12-15(18)11-23(19)2)20-17(21(25)26-3)9-6-10-22-20/h4-10,15,18-19H,11-13H2,1-3H3/t15-,18+,19-/m0/s1. The van der Waals surface area contributed by atoms with Crippen LogP contribution in [0.2, 0.25) is 0 Å². The molecule has 0 amide bonds. The van der Waals surface area contributed by atoms with E-state index in [1.54, 1.807) is 18.3 Å². The molecule has 0 radical (unpaired) electrons. The molecule has 2 fully saturated rings. The van der Waals surface area contributed by atoms with Crippen molar-refractivity contribution in [1.29, 1.82) is 0 Å². The molecular weight excluding hydrogens is 326 g/mol. The first-order valence-corrected chi connectivity index (χ1v) is 9.14. The number of carbonyl (C=O) groups excluding carboxylic acids is 1. The Bertz CT molecular complexity index is 822. The third-order valence-corrected chi connectivity index (χ3v) is 5.89. The van der Waals surface area contributed by atoms with Crippen LogP contribution in [-0.2, 0) is 4.74 Å². The van der Waals surface area contributed by atoms with Crippen LogP contribution < -0.4 is 4.90 Å². The van der Waals surface area contributed by atoms with Gasteiger partial charge in [0.25, 0.3) is 0 Å². The summed E-state index contributed by atoms with van der Waals surface area (Å²) in [6.07, 6.45) is 1.75. The van der Waals surface area contributed by atoms with E-state index >= 15 is 0 Å². The van der Waals surface area contributed by atoms with Gasteiger partial charge in [0.1, 0.15) is 11.4 Å². The van der Waals surface area contributed by atoms with E-state index in [1.807, 2.05) is 0 Å². The van der Waals surface area contributed by atoms with Crippen molar-refractivity contribution in [3.63, 3.8) is 0 Å². The minimum atomic E-state index is -0.322. The van der Waals surface area contributed by atoms with Crippen molar-refractivity contribution in [3.05, 3.63) is 59.3 Å². The molecule has 2 saturated heterocycles. The van der Waals surface area contributed by atoms with Crippen molar-refractivity contribution in [2.75, 3.05) is 38.7 Å². The van der Waals surface area contributed by atoms with Gasteiger partial charge in [-0.3, -0.25) is 4.90 Å². The van der Waals surface area contributed by atoms with Crippen molar-refractivity contribution < 1.29 is 9.53 Å². The summed E-state index contributed by atoms with van der Waals surface area (Å²) < 4.78 is 4.94. The summed E-state index contributed by atoms with van der Waals surface area (Å²) in [7, 11) is 3.64. The third kappa shape index (κ3) is 2.76. The molecule has 136 valence electrons. The van der Waals surface area contributed by atoms with Gasteiger partial charge in [-0.15, -0.1) is 0 Å². The maximum absolute atomic E-state index is 12.1. The number of anilines is 1. The van der Waals surface area contributed by atoms with Gasteiger partial charge in [0.05, 0.1) is 7.11 Å². The Kier molecular flexibility index (Phi) is 4.41. The average Bonchev–Trinajstić information content (AvgIpc) is 3.18. The molecule has 26 heavy (non-hydrogen) atoms. The molecule has 1 aromatic carbocycles. The number of esters is 1. The van der Waals surface area contributed by atoms with E-state index in [4.69, 9.17) is 4.74 Å². The van der Waals surface area contributed by atoms with Gasteiger partial charge < -0.3 is 9.64 Å². The average molecular weight is 351 g/mol. The molecule has 0 saturated carbocycles. The highest BCUT2D eigenvalue weighted by molar-refractivity contribution is 5.94. The number of likely N-dealkylation sites (tertiary alicyclic amines) is 1. The van der Waals surface area contributed by atoms with Crippen LogP contribution in [0.25, 0.3) is 0 Å². The Labute approximate surface area is 154 Å². The highest BCUT2D eigenvalue weighted by atomic mass is 16.5. The Hall–Kier alpha value is -2.40. The molecule has 3 atom stereocenters. The van der Waals surface area contributed by atoms with Gasteiger partial charge in [-0.1, -0.05) is 24.3 Å². The van der Waals surface area contributed by atoms with Crippen molar-refractivity contribution in [2.45, 2.75) is 13.0 Å². The summed E-state index contributed by atoms with van der Waals surface area (Å²) in [5.74, 6) is 1.54. The van der Waals surface area contributed by atoms with Gasteiger partial charge in [-0.05, 0) is 43.1 Å². The normalized spacial score (nSPS) is 25.3. The quantitative estimate of drug-likeness (QED) is 0.796. The van der Waals surface area contributed by atoms with E-state index in [9.17, 15) is 4.79 Å². The van der Waals surface area contributed by atoms with Crippen LogP contribution in [-0.4, -0.2) is 49.6 Å². The van der Waals surface area contributed by atoms with Crippen LogP contribution in [0.15, 0.2) is 42.6 Å². The zero-order valence-electron chi connectivity index (χ0n) is 15.6. The largest absolute Gasteiger partial charge is 0.465 e. The molecule has 5 nitrogen and oxygen atoms in total. The first kappa shape index (κ1) is 17.0. The van der Waals surface area contributed by atoms with E-state index in [0.717, 1.165) is 25.5 Å². The summed E-state index contributed by atoms with van der Waals surface area (Å²) in [6, 6.07) is 12.7. The zero-order chi connectivity index (χ0) is 18.3. The van der Waals surface area contributed by atoms with Gasteiger partial charge in [0.2, 0.25) is 0 Å². The second kappa shape index (κ2) is 6.72. The molecule has 0 bridgehead atoms. The maximum atomic E-state index is 12.1. The fourth-order valence-corrected chi connectivity index (χ4v) is 4.74. The Morgan fingerprint density at radius 2 is 1.96 bits per heavy atom. The molecular formula is C21H25N3O2. The lowest BCUT2D eigenvalue weighted by Gasteiger charge is -2.28. The van der Waals surface area contributed by atoms with Crippen LogP contribution in [0.3, 0.4) is 0 Å². The second-order valence-corrected chi connectivity index (χ2v) is 7.44. The molecule has 2 aliphatic heterocycles. The minimum absolute atomic E-state index is 0.322. The third-order valence-electron chi connectivity index (χ3n) is 5.89. The highest BCUT2D eigenvalue weighted by Gasteiger charge is 2.47. The molecule has 4 rings (SSSR count). The molecule has 0 unspecified atom stereocenters. The number of hydrogen-bond donors (Lipinski definition) is 0. The fourth-order valence-electron chi connectivity index (χ4n) is 4.74. The smallest absolute Gasteiger partial charge is 0.341 e. The second-order valence-electron chi connectivity index (χ2n) is 7.44. The molecule has 5 heteroatoms. The van der Waals surface area contributed by atoms with Crippen molar-refractivity contribution in [2.24, 2.45) is 11.8 Å². The lowest BCUT2D eigenvalue weighted by molar-refractivity contribution is 0.0601. The van der Waals surface area contributed by atoms with E-state index in [2.05, 4.69) is 53.0 Å². The Morgan fingerprint density at radius 3 is 2.73 bits per heavy atom. The number of methoxy groups -OCH3 is 1. The number of aryl methyl sites for hydroxylation is 1. The number of ether oxygens (including phenoxy) is 1. The van der Waals surface area contributed by atoms with E-state index in [1.165, 1.54) is 18.2 Å². The molecule has 0 N–H and O–H groups in total. The monoisotopic (exact) mass is 351 g/mol. The number of carbonyl (C=O) groups is 1. The van der Waals surface area contributed by atoms with Gasteiger partial charge in [0, 0.05) is 37.8 Å². The number of nitrogens with zero attached hydrogens (tertiary/aromatic N) is 3. The fraction of sp³-hybridized carbons (Fsp3) is 0.429. The SMILES string of the molecule is COC(=O)c1cccnc1N1C[C@@H]2CN(C)[C@@H](c3ccccc3C)[C@@H]2C1. The van der Waals surface area contributed by atoms with Gasteiger partial charge in [-0.2, -0.15) is 0 Å². The summed E-state index contributed by atoms with van der Waals surface area (Å²) >= 11 is 0. The first-order valence-electron chi connectivity index (χ1n) is 9.14. The number of pyridine rings is 1. The highest BCUT2D eigenvalue weighted by Crippen LogP contribution is 2.45. The molecule has 3 heterocycles. The Morgan fingerprint density at radius 1 is 1.15 bits per heavy atom. The van der Waals surface area contributed by atoms with E-state index < -0.39 is 0 Å². The molecule has 2 aliphatic rings. The van der Waals surface area contributed by atoms with Crippen LogP contribution >= 0.6 is 0 Å². The zero-order valence-corrected chi connectivity index (χ0v) is 15.6. The number of aromatic nitrogens is 1. The number of rotatable bonds is 3.